The Morgan fingerprint density at radius 1 is 0.980 bits per heavy atom. The first-order valence-corrected chi connectivity index (χ1v) is 17.3. The lowest BCUT2D eigenvalue weighted by atomic mass is 9.89. The molecule has 7 rings (SSSR count). The fraction of sp³-hybridized carbons (Fsp3) is 0.457. The van der Waals surface area contributed by atoms with Gasteiger partial charge in [0.1, 0.15) is 5.82 Å². The number of hydrogen-bond donors (Lipinski definition) is 3. The van der Waals surface area contributed by atoms with Crippen LogP contribution in [-0.4, -0.2) is 112 Å². The number of nitrogens with one attached hydrogen (secondary N) is 2. The molecular weight excluding hydrogens is 638 g/mol. The lowest BCUT2D eigenvalue weighted by Gasteiger charge is -2.37. The average Bonchev–Trinajstić information content (AvgIpc) is 3.46. The normalized spacial score (nSPS) is 20.7. The first-order valence-electron chi connectivity index (χ1n) is 17.3. The number of pyridine rings is 1. The second kappa shape index (κ2) is 14.3. The van der Waals surface area contributed by atoms with Crippen LogP contribution in [0, 0.1) is 0 Å². The van der Waals surface area contributed by atoms with Crippen LogP contribution in [0.1, 0.15) is 59.6 Å². The molecule has 50 heavy (non-hydrogen) atoms. The molecule has 0 bridgehead atoms. The van der Waals surface area contributed by atoms with Crippen LogP contribution in [0.4, 0.5) is 32.6 Å². The van der Waals surface area contributed by atoms with Crippen LogP contribution < -0.4 is 26.2 Å². The molecule has 6 heterocycles. The summed E-state index contributed by atoms with van der Waals surface area (Å²) in [5, 5.41) is 5.68. The number of likely N-dealkylation sites (N-methyl/N-ethyl adjacent to an activating group) is 1. The van der Waals surface area contributed by atoms with Gasteiger partial charge in [-0.1, -0.05) is 12.1 Å². The number of anilines is 4. The van der Waals surface area contributed by atoms with Crippen molar-refractivity contribution in [3.8, 4) is 0 Å². The van der Waals surface area contributed by atoms with Gasteiger partial charge in [-0.3, -0.25) is 29.7 Å². The monoisotopic (exact) mass is 681 g/mol. The summed E-state index contributed by atoms with van der Waals surface area (Å²) in [6.07, 6.45) is 9.13. The van der Waals surface area contributed by atoms with Crippen molar-refractivity contribution in [2.45, 2.75) is 50.6 Å². The van der Waals surface area contributed by atoms with Crippen LogP contribution >= 0.6 is 0 Å². The van der Waals surface area contributed by atoms with E-state index in [0.29, 0.717) is 37.2 Å². The second-order valence-corrected chi connectivity index (χ2v) is 13.5. The molecule has 262 valence electrons. The maximum atomic E-state index is 12.6. The molecule has 4 aliphatic rings. The van der Waals surface area contributed by atoms with Crippen LogP contribution in [0.25, 0.3) is 0 Å². The van der Waals surface area contributed by atoms with Crippen molar-refractivity contribution in [1.82, 2.24) is 35.0 Å². The van der Waals surface area contributed by atoms with Gasteiger partial charge in [0.15, 0.2) is 11.5 Å². The standard InChI is InChI=1S/C35H43N11O4/c1-42-17-18-45(35(42)50)27-3-2-13-44(22-27)29-20-38-31(32(36)48)33(40-29)39-26-6-4-23(5-7-26)24-9-14-43(15-10-24)21-25-8-12-37-19-28(25)46-16-11-30(47)41-34(46)49/h4-8,12,19-20,24,27H,2-3,9-11,13-18,21-22H2,1H3,(H2,36,48)(H,39,40)(H,41,47,49)/t27-/m1/s1. The van der Waals surface area contributed by atoms with Crippen molar-refractivity contribution in [2.75, 3.05) is 68.0 Å². The van der Waals surface area contributed by atoms with Crippen LogP contribution in [0.3, 0.4) is 0 Å². The van der Waals surface area contributed by atoms with E-state index in [9.17, 15) is 19.2 Å². The van der Waals surface area contributed by atoms with E-state index in [2.05, 4.69) is 42.5 Å². The number of urea groups is 2. The minimum Gasteiger partial charge on any atom is -0.364 e. The molecular formula is C35H43N11O4. The van der Waals surface area contributed by atoms with E-state index in [-0.39, 0.29) is 30.1 Å². The van der Waals surface area contributed by atoms with Gasteiger partial charge in [-0.25, -0.2) is 19.6 Å². The van der Waals surface area contributed by atoms with Crippen molar-refractivity contribution in [3.63, 3.8) is 0 Å². The third kappa shape index (κ3) is 7.04. The van der Waals surface area contributed by atoms with Crippen LogP contribution in [0.2, 0.25) is 0 Å². The van der Waals surface area contributed by atoms with E-state index < -0.39 is 11.9 Å². The summed E-state index contributed by atoms with van der Waals surface area (Å²) in [6.45, 7) is 5.74. The number of benzene rings is 1. The number of nitrogens with zero attached hydrogens (tertiary/aromatic N) is 8. The summed E-state index contributed by atoms with van der Waals surface area (Å²) >= 11 is 0. The third-order valence-corrected chi connectivity index (χ3v) is 10.3. The zero-order chi connectivity index (χ0) is 34.8. The molecule has 4 saturated heterocycles. The van der Waals surface area contributed by atoms with Crippen molar-refractivity contribution >= 4 is 46.9 Å². The van der Waals surface area contributed by atoms with Crippen molar-refractivity contribution in [2.24, 2.45) is 5.73 Å². The minimum absolute atomic E-state index is 0.0623. The molecule has 4 fully saturated rings. The number of likely N-dealkylation sites (tertiary alicyclic amines) is 1. The Kier molecular flexibility index (Phi) is 9.48. The summed E-state index contributed by atoms with van der Waals surface area (Å²) in [4.78, 5) is 72.3. The fourth-order valence-corrected chi connectivity index (χ4v) is 7.45. The number of amides is 6. The summed E-state index contributed by atoms with van der Waals surface area (Å²) < 4.78 is 0. The zero-order valence-electron chi connectivity index (χ0n) is 28.3. The number of carbonyl (C=O) groups is 4. The summed E-state index contributed by atoms with van der Waals surface area (Å²) in [7, 11) is 1.83. The number of hydrogen-bond acceptors (Lipinski definition) is 10. The molecule has 6 amide bonds. The Morgan fingerprint density at radius 2 is 1.78 bits per heavy atom. The maximum absolute atomic E-state index is 12.6. The van der Waals surface area contributed by atoms with Gasteiger partial charge in [-0.15, -0.1) is 0 Å². The van der Waals surface area contributed by atoms with Crippen LogP contribution in [0.15, 0.2) is 48.9 Å². The van der Waals surface area contributed by atoms with E-state index in [1.54, 1.807) is 28.4 Å². The Balaban J connectivity index is 0.974. The van der Waals surface area contributed by atoms with Gasteiger partial charge in [-0.05, 0) is 74.0 Å². The van der Waals surface area contributed by atoms with Crippen molar-refractivity contribution in [1.29, 1.82) is 0 Å². The number of nitrogens with two attached hydrogens (primary N) is 1. The highest BCUT2D eigenvalue weighted by atomic mass is 16.2. The number of aromatic nitrogens is 3. The molecule has 1 aromatic carbocycles. The number of imide groups is 1. The second-order valence-electron chi connectivity index (χ2n) is 13.5. The molecule has 0 aliphatic carbocycles. The number of carbonyl (C=O) groups excluding carboxylic acids is 4. The van der Waals surface area contributed by atoms with E-state index >= 15 is 0 Å². The molecule has 0 unspecified atom stereocenters. The predicted octanol–water partition coefficient (Wildman–Crippen LogP) is 2.88. The summed E-state index contributed by atoms with van der Waals surface area (Å²) in [6, 6.07) is 9.90. The first kappa shape index (κ1) is 33.2. The van der Waals surface area contributed by atoms with Crippen molar-refractivity contribution < 1.29 is 19.2 Å². The van der Waals surface area contributed by atoms with Gasteiger partial charge >= 0.3 is 12.1 Å². The topological polar surface area (TPSA) is 173 Å². The smallest absolute Gasteiger partial charge is 0.328 e. The molecule has 0 saturated carbocycles. The molecule has 2 aromatic heterocycles. The summed E-state index contributed by atoms with van der Waals surface area (Å²) in [5.74, 6) is 0.423. The molecule has 1 atom stereocenters. The lowest BCUT2D eigenvalue weighted by molar-refractivity contribution is -0.120. The predicted molar refractivity (Wildman–Crippen MR) is 187 cm³/mol. The number of primary amides is 1. The molecule has 15 heteroatoms. The highest BCUT2D eigenvalue weighted by molar-refractivity contribution is 6.05. The van der Waals surface area contributed by atoms with Gasteiger partial charge in [0.2, 0.25) is 5.91 Å². The Labute approximate surface area is 290 Å². The zero-order valence-corrected chi connectivity index (χ0v) is 28.3. The fourth-order valence-electron chi connectivity index (χ4n) is 7.45. The molecule has 0 radical (unpaired) electrons. The van der Waals surface area contributed by atoms with E-state index in [1.807, 2.05) is 30.1 Å². The lowest BCUT2D eigenvalue weighted by Crippen LogP contribution is -2.50. The van der Waals surface area contributed by atoms with E-state index in [0.717, 1.165) is 75.3 Å². The summed E-state index contributed by atoms with van der Waals surface area (Å²) in [5.41, 5.74) is 9.52. The Morgan fingerprint density at radius 3 is 2.50 bits per heavy atom. The van der Waals surface area contributed by atoms with Crippen LogP contribution in [0.5, 0.6) is 0 Å². The quantitative estimate of drug-likeness (QED) is 0.305. The first-order chi connectivity index (χ1) is 24.2. The van der Waals surface area contributed by atoms with Crippen LogP contribution in [-0.2, 0) is 11.3 Å². The van der Waals surface area contributed by atoms with Gasteiger partial charge in [0.05, 0.1) is 24.1 Å². The van der Waals surface area contributed by atoms with Gasteiger partial charge in [0, 0.05) is 64.6 Å². The third-order valence-electron chi connectivity index (χ3n) is 10.3. The Bertz CT molecular complexity index is 1760. The molecule has 0 spiro atoms. The SMILES string of the molecule is CN1CCN([C@@H]2CCCN(c3cnc(C(N)=O)c(Nc4ccc(C5CCN(Cc6ccncc6N6CCC(=O)NC6=O)CC5)cc4)n3)C2)C1=O. The van der Waals surface area contributed by atoms with Gasteiger partial charge < -0.3 is 25.8 Å². The van der Waals surface area contributed by atoms with E-state index in [1.165, 1.54) is 5.56 Å². The molecule has 4 aliphatic heterocycles. The average molecular weight is 682 g/mol. The largest absolute Gasteiger partial charge is 0.364 e. The van der Waals surface area contributed by atoms with Crippen molar-refractivity contribution in [3.05, 3.63) is 65.7 Å². The van der Waals surface area contributed by atoms with Gasteiger partial charge in [-0.2, -0.15) is 0 Å². The molecule has 3 aromatic rings. The van der Waals surface area contributed by atoms with E-state index in [4.69, 9.17) is 10.7 Å². The number of piperidine rings is 2. The highest BCUT2D eigenvalue weighted by Gasteiger charge is 2.35. The minimum atomic E-state index is -0.662. The Hall–Kier alpha value is -5.31. The molecule has 15 nitrogen and oxygen atoms in total. The highest BCUT2D eigenvalue weighted by Crippen LogP contribution is 2.32. The molecule has 4 N–H and O–H groups in total. The maximum Gasteiger partial charge on any atom is 0.328 e. The van der Waals surface area contributed by atoms with Gasteiger partial charge in [0.25, 0.3) is 5.91 Å². The number of rotatable bonds is 9.